The van der Waals surface area contributed by atoms with Gasteiger partial charge in [0.15, 0.2) is 7.28 Å². The summed E-state index contributed by atoms with van der Waals surface area (Å²) in [7, 11) is 2.05. The molecule has 0 fully saturated rings. The summed E-state index contributed by atoms with van der Waals surface area (Å²) in [6.45, 7) is 3.84. The van der Waals surface area contributed by atoms with Crippen molar-refractivity contribution in [2.24, 2.45) is 0 Å². The fourth-order valence-electron chi connectivity index (χ4n) is 4.49. The topological polar surface area (TPSA) is 75.7 Å². The zero-order valence-electron chi connectivity index (χ0n) is 16.7. The number of pyridine rings is 1. The van der Waals surface area contributed by atoms with Gasteiger partial charge in [-0.25, -0.2) is 4.98 Å². The van der Waals surface area contributed by atoms with E-state index in [1.165, 1.54) is 28.7 Å². The van der Waals surface area contributed by atoms with Gasteiger partial charge in [-0.3, -0.25) is 4.98 Å². The van der Waals surface area contributed by atoms with Gasteiger partial charge < -0.3 is 11.1 Å². The van der Waals surface area contributed by atoms with Crippen LogP contribution in [-0.4, -0.2) is 23.0 Å². The van der Waals surface area contributed by atoms with Crippen molar-refractivity contribution in [3.63, 3.8) is 0 Å². The predicted molar refractivity (Wildman–Crippen MR) is 125 cm³/mol. The molecule has 6 heteroatoms. The Morgan fingerprint density at radius 2 is 1.83 bits per heavy atom. The summed E-state index contributed by atoms with van der Waals surface area (Å²) in [5, 5.41) is 9.37. The molecular weight excluding hydrogens is 375 g/mol. The smallest absolute Gasteiger partial charge is 0.188 e. The number of benzene rings is 2. The molecule has 29 heavy (non-hydrogen) atoms. The standard InChI is InChI=1S/C23H22BN4S/c1-12(25)20-16(26)8-10-18-21(20)14-5-3-4-6-15(14)22(27-18)13-7-9-17-19(11-13)29-23(24-2)28-17/h7-11,25H,3-6,26H2,1-2H3. The Balaban J connectivity index is 1.81. The number of aryl methyl sites for hydroxylation is 1. The summed E-state index contributed by atoms with van der Waals surface area (Å²) < 4.78 is 1.19. The number of aromatic nitrogens is 2. The van der Waals surface area contributed by atoms with E-state index in [-0.39, 0.29) is 0 Å². The zero-order chi connectivity index (χ0) is 20.1. The Morgan fingerprint density at radius 3 is 2.59 bits per heavy atom. The summed E-state index contributed by atoms with van der Waals surface area (Å²) in [6, 6.07) is 10.4. The molecule has 0 saturated heterocycles. The fourth-order valence-corrected chi connectivity index (χ4v) is 5.38. The molecule has 3 N–H and O–H groups in total. The van der Waals surface area contributed by atoms with E-state index in [2.05, 4.69) is 23.2 Å². The monoisotopic (exact) mass is 397 g/mol. The lowest BCUT2D eigenvalue weighted by atomic mass is 9.84. The molecule has 0 spiro atoms. The highest BCUT2D eigenvalue weighted by Crippen LogP contribution is 2.38. The van der Waals surface area contributed by atoms with Crippen LogP contribution >= 0.6 is 11.3 Å². The normalized spacial score (nSPS) is 13.6. The predicted octanol–water partition coefficient (Wildman–Crippen LogP) is 4.74. The second-order valence-corrected chi connectivity index (χ2v) is 8.76. The third-order valence-corrected chi connectivity index (χ3v) is 6.89. The van der Waals surface area contributed by atoms with E-state index >= 15 is 0 Å². The van der Waals surface area contributed by atoms with Crippen LogP contribution in [0.1, 0.15) is 36.5 Å². The molecule has 2 heterocycles. The van der Waals surface area contributed by atoms with Gasteiger partial charge in [-0.15, -0.1) is 11.3 Å². The number of thiazole rings is 1. The molecule has 4 aromatic rings. The third kappa shape index (κ3) is 2.94. The molecule has 0 aliphatic heterocycles. The van der Waals surface area contributed by atoms with Crippen LogP contribution in [0.5, 0.6) is 0 Å². The molecule has 4 nitrogen and oxygen atoms in total. The second kappa shape index (κ2) is 6.96. The molecule has 143 valence electrons. The number of rotatable bonds is 3. The van der Waals surface area contributed by atoms with Gasteiger partial charge in [0.2, 0.25) is 0 Å². The maximum absolute atomic E-state index is 8.29. The highest BCUT2D eigenvalue weighted by atomic mass is 32.1. The molecule has 0 amide bonds. The Morgan fingerprint density at radius 1 is 1.07 bits per heavy atom. The minimum Gasteiger partial charge on any atom is -0.398 e. The van der Waals surface area contributed by atoms with E-state index in [1.807, 2.05) is 33.2 Å². The van der Waals surface area contributed by atoms with E-state index in [0.717, 1.165) is 51.0 Å². The van der Waals surface area contributed by atoms with Crippen LogP contribution in [0, 0.1) is 5.41 Å². The van der Waals surface area contributed by atoms with Crippen LogP contribution in [0.4, 0.5) is 5.69 Å². The van der Waals surface area contributed by atoms with Gasteiger partial charge in [-0.2, -0.15) is 0 Å². The van der Waals surface area contributed by atoms with Gasteiger partial charge in [-0.1, -0.05) is 12.9 Å². The van der Waals surface area contributed by atoms with Gasteiger partial charge in [0.25, 0.3) is 0 Å². The van der Waals surface area contributed by atoms with Crippen molar-refractivity contribution in [1.82, 2.24) is 9.97 Å². The van der Waals surface area contributed by atoms with Gasteiger partial charge >= 0.3 is 0 Å². The molecule has 0 unspecified atom stereocenters. The summed E-state index contributed by atoms with van der Waals surface area (Å²) in [4.78, 5) is 10.8. The van der Waals surface area contributed by atoms with Crippen LogP contribution in [0.25, 0.3) is 32.4 Å². The van der Waals surface area contributed by atoms with Crippen molar-refractivity contribution in [1.29, 1.82) is 5.41 Å². The number of anilines is 1. The van der Waals surface area contributed by atoms with E-state index in [1.54, 1.807) is 11.3 Å². The van der Waals surface area contributed by atoms with Crippen molar-refractivity contribution >= 4 is 56.0 Å². The summed E-state index contributed by atoms with van der Waals surface area (Å²) >= 11 is 1.72. The second-order valence-electron chi connectivity index (χ2n) is 7.70. The van der Waals surface area contributed by atoms with Crippen LogP contribution in [0.2, 0.25) is 6.82 Å². The van der Waals surface area contributed by atoms with Gasteiger partial charge in [0.05, 0.1) is 21.4 Å². The third-order valence-electron chi connectivity index (χ3n) is 5.80. The lowest BCUT2D eigenvalue weighted by Gasteiger charge is -2.23. The molecule has 2 aromatic carbocycles. The lowest BCUT2D eigenvalue weighted by Crippen LogP contribution is -2.11. The quantitative estimate of drug-likeness (QED) is 0.298. The molecule has 1 aliphatic carbocycles. The molecule has 0 atom stereocenters. The molecule has 2 aromatic heterocycles. The Labute approximate surface area is 174 Å². The van der Waals surface area contributed by atoms with Crippen molar-refractivity contribution < 1.29 is 0 Å². The largest absolute Gasteiger partial charge is 0.398 e. The minimum atomic E-state index is 0.504. The molecule has 1 radical (unpaired) electrons. The lowest BCUT2D eigenvalue weighted by molar-refractivity contribution is 0.689. The maximum atomic E-state index is 8.29. The molecular formula is C23H22BN4S. The Kier molecular flexibility index (Phi) is 4.39. The maximum Gasteiger partial charge on any atom is 0.188 e. The van der Waals surface area contributed by atoms with E-state index in [4.69, 9.17) is 16.1 Å². The summed E-state index contributed by atoms with van der Waals surface area (Å²) in [6.07, 6.45) is 4.38. The van der Waals surface area contributed by atoms with E-state index in [9.17, 15) is 0 Å². The van der Waals surface area contributed by atoms with Crippen molar-refractivity contribution in [3.8, 4) is 11.3 Å². The molecule has 1 aliphatic rings. The van der Waals surface area contributed by atoms with Crippen LogP contribution in [-0.2, 0) is 12.8 Å². The van der Waals surface area contributed by atoms with E-state index < -0.39 is 0 Å². The first-order chi connectivity index (χ1) is 14.1. The number of nitrogens with one attached hydrogen (secondary N) is 1. The highest BCUT2D eigenvalue weighted by Gasteiger charge is 2.23. The average molecular weight is 397 g/mol. The van der Waals surface area contributed by atoms with Crippen LogP contribution in [0.15, 0.2) is 30.3 Å². The number of nitrogen functional groups attached to an aromatic ring is 1. The summed E-state index contributed by atoms with van der Waals surface area (Å²) in [5.74, 6) is 0. The van der Waals surface area contributed by atoms with E-state index in [0.29, 0.717) is 11.4 Å². The van der Waals surface area contributed by atoms with Crippen LogP contribution < -0.4 is 10.6 Å². The Hall–Kier alpha value is -2.73. The Bertz CT molecular complexity index is 1290. The first-order valence-corrected chi connectivity index (χ1v) is 10.9. The first kappa shape index (κ1) is 18.3. The van der Waals surface area contributed by atoms with Gasteiger partial charge in [0.1, 0.15) is 0 Å². The number of hydrogen-bond donors (Lipinski definition) is 2. The van der Waals surface area contributed by atoms with Gasteiger partial charge in [0, 0.05) is 32.8 Å². The average Bonchev–Trinajstić information content (AvgIpc) is 3.15. The number of hydrogen-bond acceptors (Lipinski definition) is 5. The highest BCUT2D eigenvalue weighted by molar-refractivity contribution is 7.26. The molecule has 0 saturated carbocycles. The summed E-state index contributed by atoms with van der Waals surface area (Å²) in [5.41, 5.74) is 15.1. The number of nitrogens with zero attached hydrogens (tertiary/aromatic N) is 2. The van der Waals surface area contributed by atoms with Gasteiger partial charge in [-0.05, 0) is 68.0 Å². The van der Waals surface area contributed by atoms with Crippen molar-refractivity contribution in [3.05, 3.63) is 47.0 Å². The van der Waals surface area contributed by atoms with Crippen molar-refractivity contribution in [2.45, 2.75) is 39.4 Å². The SMILES string of the molecule is C[B]c1nc2ccc(-c3nc4ccc(N)c(C(C)=N)c4c4c3CCCC4)cc2s1. The van der Waals surface area contributed by atoms with Crippen LogP contribution in [0.3, 0.4) is 0 Å². The number of fused-ring (bicyclic) bond motifs is 4. The number of nitrogens with two attached hydrogens (primary N) is 1. The minimum absolute atomic E-state index is 0.504. The van der Waals surface area contributed by atoms with Crippen molar-refractivity contribution in [2.75, 3.05) is 5.73 Å². The molecule has 5 rings (SSSR count). The first-order valence-electron chi connectivity index (χ1n) is 10.1. The molecule has 0 bridgehead atoms. The zero-order valence-corrected chi connectivity index (χ0v) is 17.5. The fraction of sp³-hybridized carbons (Fsp3) is 0.261.